The summed E-state index contributed by atoms with van der Waals surface area (Å²) in [6.45, 7) is 3.67. The molecule has 0 aliphatic rings. The van der Waals surface area contributed by atoms with Crippen LogP contribution < -0.4 is 0 Å². The zero-order valence-electron chi connectivity index (χ0n) is 24.3. The van der Waals surface area contributed by atoms with Crippen molar-refractivity contribution in [1.82, 2.24) is 7.94 Å². The minimum atomic E-state index is -4.64. The zero-order valence-corrected chi connectivity index (χ0v) is 25.9. The van der Waals surface area contributed by atoms with E-state index < -0.39 is 53.3 Å². The molecule has 6 aromatic rings. The van der Waals surface area contributed by atoms with E-state index in [-0.39, 0.29) is 5.52 Å². The summed E-state index contributed by atoms with van der Waals surface area (Å²) in [5.74, 6) is 0. The summed E-state index contributed by atoms with van der Waals surface area (Å²) in [5, 5.41) is 1.06. The molecule has 0 aliphatic carbocycles. The van der Waals surface area contributed by atoms with Crippen molar-refractivity contribution in [3.8, 4) is 0 Å². The standard InChI is InChI=1S/C17H12F3NO2S.C16H10F3NO3S/c1-2-12-5-3-8-16-15(12)9-10-21(16)24(22,23)14-7-4-6-13(11-14)17(18,19)20;17-16(18,19)12-4-2-5-13(9-12)24(22,23)20-8-7-14-11(10-21)3-1-6-15(14)20/h2-11H,1H2;1-10H. The minimum absolute atomic E-state index is 0.219. The van der Waals surface area contributed by atoms with Gasteiger partial charge in [-0.3, -0.25) is 4.79 Å². The van der Waals surface area contributed by atoms with Crippen molar-refractivity contribution in [3.05, 3.63) is 138 Å². The highest BCUT2D eigenvalue weighted by Gasteiger charge is 2.33. The molecule has 2 aromatic heterocycles. The lowest BCUT2D eigenvalue weighted by atomic mass is 10.1. The van der Waals surface area contributed by atoms with Gasteiger partial charge in [0, 0.05) is 28.7 Å². The number of nitrogens with zero attached hydrogens (tertiary/aromatic N) is 2. The van der Waals surface area contributed by atoms with E-state index in [4.69, 9.17) is 0 Å². The van der Waals surface area contributed by atoms with Crippen LogP contribution in [0, 0.1) is 0 Å². The molecule has 15 heteroatoms. The summed E-state index contributed by atoms with van der Waals surface area (Å²) in [4.78, 5) is 10.1. The van der Waals surface area contributed by atoms with E-state index in [2.05, 4.69) is 6.58 Å². The minimum Gasteiger partial charge on any atom is -0.298 e. The summed E-state index contributed by atoms with van der Waals surface area (Å²) < 4.78 is 130. The van der Waals surface area contributed by atoms with Gasteiger partial charge in [-0.1, -0.05) is 49.1 Å². The average molecular weight is 705 g/mol. The Morgan fingerprint density at radius 3 is 1.35 bits per heavy atom. The number of hydrogen-bond donors (Lipinski definition) is 0. The molecule has 4 aromatic carbocycles. The van der Waals surface area contributed by atoms with Crippen molar-refractivity contribution >= 4 is 54.2 Å². The molecule has 6 rings (SSSR count). The van der Waals surface area contributed by atoms with Crippen LogP contribution in [0.4, 0.5) is 26.3 Å². The van der Waals surface area contributed by atoms with E-state index in [1.54, 1.807) is 30.3 Å². The number of alkyl halides is 6. The molecule has 0 spiro atoms. The predicted molar refractivity (Wildman–Crippen MR) is 167 cm³/mol. The summed E-state index contributed by atoms with van der Waals surface area (Å²) in [7, 11) is -8.38. The first-order valence-electron chi connectivity index (χ1n) is 13.6. The lowest BCUT2D eigenvalue weighted by molar-refractivity contribution is -0.138. The highest BCUT2D eigenvalue weighted by atomic mass is 32.2. The van der Waals surface area contributed by atoms with Crippen LogP contribution in [0.3, 0.4) is 0 Å². The number of hydrogen-bond acceptors (Lipinski definition) is 5. The molecular formula is C33H22F6N2O5S2. The van der Waals surface area contributed by atoms with Crippen molar-refractivity contribution in [2.75, 3.05) is 0 Å². The first-order chi connectivity index (χ1) is 22.5. The number of fused-ring (bicyclic) bond motifs is 2. The molecule has 0 atom stereocenters. The third-order valence-electron chi connectivity index (χ3n) is 7.24. The number of aldehydes is 1. The van der Waals surface area contributed by atoms with Crippen LogP contribution in [0.1, 0.15) is 27.0 Å². The Morgan fingerprint density at radius 1 is 0.562 bits per heavy atom. The maximum Gasteiger partial charge on any atom is 0.416 e. The first kappa shape index (κ1) is 34.2. The van der Waals surface area contributed by atoms with Gasteiger partial charge in [0.15, 0.2) is 6.29 Å². The highest BCUT2D eigenvalue weighted by molar-refractivity contribution is 7.90. The maximum absolute atomic E-state index is 12.8. The van der Waals surface area contributed by atoms with Crippen LogP contribution >= 0.6 is 0 Å². The molecule has 0 bridgehead atoms. The van der Waals surface area contributed by atoms with E-state index in [9.17, 15) is 48.0 Å². The van der Waals surface area contributed by atoms with Crippen LogP contribution in [0.25, 0.3) is 27.9 Å². The molecule has 0 saturated heterocycles. The highest BCUT2D eigenvalue weighted by Crippen LogP contribution is 2.33. The van der Waals surface area contributed by atoms with E-state index >= 15 is 0 Å². The lowest BCUT2D eigenvalue weighted by Crippen LogP contribution is -2.13. The van der Waals surface area contributed by atoms with E-state index in [1.165, 1.54) is 36.7 Å². The Morgan fingerprint density at radius 2 is 0.958 bits per heavy atom. The van der Waals surface area contributed by atoms with Crippen LogP contribution in [-0.2, 0) is 32.4 Å². The summed E-state index contributed by atoms with van der Waals surface area (Å²) in [5.41, 5.74) is -0.418. The van der Waals surface area contributed by atoms with Crippen LogP contribution in [0.5, 0.6) is 0 Å². The van der Waals surface area contributed by atoms with Gasteiger partial charge in [-0.25, -0.2) is 24.8 Å². The molecule has 0 fully saturated rings. The summed E-state index contributed by atoms with van der Waals surface area (Å²) in [6.07, 6.45) is -4.54. The maximum atomic E-state index is 12.8. The Labute approximate surface area is 270 Å². The van der Waals surface area contributed by atoms with Gasteiger partial charge in [-0.2, -0.15) is 26.3 Å². The molecule has 248 valence electrons. The molecule has 48 heavy (non-hydrogen) atoms. The van der Waals surface area contributed by atoms with Crippen LogP contribution in [-0.4, -0.2) is 31.1 Å². The summed E-state index contributed by atoms with van der Waals surface area (Å²) >= 11 is 0. The van der Waals surface area contributed by atoms with Gasteiger partial charge >= 0.3 is 12.4 Å². The van der Waals surface area contributed by atoms with Gasteiger partial charge in [0.2, 0.25) is 0 Å². The Kier molecular flexibility index (Phi) is 8.88. The van der Waals surface area contributed by atoms with E-state index in [0.717, 1.165) is 49.9 Å². The van der Waals surface area contributed by atoms with Crippen LogP contribution in [0.15, 0.2) is 126 Å². The van der Waals surface area contributed by atoms with Crippen molar-refractivity contribution in [1.29, 1.82) is 0 Å². The molecule has 0 unspecified atom stereocenters. The zero-order chi connectivity index (χ0) is 35.1. The molecule has 0 saturated carbocycles. The largest absolute Gasteiger partial charge is 0.416 e. The number of rotatable bonds is 6. The first-order valence-corrected chi connectivity index (χ1v) is 16.5. The fraction of sp³-hybridized carbons (Fsp3) is 0.0606. The normalized spacial score (nSPS) is 12.5. The number of aromatic nitrogens is 2. The Bertz CT molecular complexity index is 2240. The van der Waals surface area contributed by atoms with Crippen molar-refractivity contribution in [2.45, 2.75) is 22.1 Å². The SMILES string of the molecule is C=Cc1cccc2c1ccn2S(=O)(=O)c1cccc(C(F)(F)F)c1.O=Cc1cccc2c1ccn2S(=O)(=O)c1cccc(C(F)(F)F)c1. The van der Waals surface area contributed by atoms with Gasteiger partial charge in [0.25, 0.3) is 20.0 Å². The molecule has 0 amide bonds. The van der Waals surface area contributed by atoms with Gasteiger partial charge in [-0.05, 0) is 66.2 Å². The third kappa shape index (κ3) is 6.38. The fourth-order valence-corrected chi connectivity index (χ4v) is 7.71. The number of carbonyl (C=O) groups is 1. The predicted octanol–water partition coefficient (Wildman–Crippen LogP) is 8.25. The fourth-order valence-electron chi connectivity index (χ4n) is 4.93. The van der Waals surface area contributed by atoms with Crippen LogP contribution in [0.2, 0.25) is 0 Å². The molecular weight excluding hydrogens is 682 g/mol. The van der Waals surface area contributed by atoms with Crippen molar-refractivity contribution in [2.24, 2.45) is 0 Å². The monoisotopic (exact) mass is 704 g/mol. The van der Waals surface area contributed by atoms with Gasteiger partial charge in [0.1, 0.15) is 0 Å². The summed E-state index contributed by atoms with van der Waals surface area (Å²) in [6, 6.07) is 19.8. The van der Waals surface area contributed by atoms with E-state index in [0.29, 0.717) is 40.3 Å². The molecule has 2 heterocycles. The molecule has 7 nitrogen and oxygen atoms in total. The second kappa shape index (κ2) is 12.5. The van der Waals surface area contributed by atoms with Gasteiger partial charge in [-0.15, -0.1) is 0 Å². The Balaban J connectivity index is 0.000000188. The topological polar surface area (TPSA) is 95.2 Å². The molecule has 0 N–H and O–H groups in total. The van der Waals surface area contributed by atoms with Crippen molar-refractivity contribution in [3.63, 3.8) is 0 Å². The van der Waals surface area contributed by atoms with Crippen molar-refractivity contribution < 1.29 is 48.0 Å². The smallest absolute Gasteiger partial charge is 0.298 e. The third-order valence-corrected chi connectivity index (χ3v) is 10.6. The average Bonchev–Trinajstić information content (AvgIpc) is 3.70. The molecule has 0 radical (unpaired) electrons. The number of halogens is 6. The quantitative estimate of drug-likeness (QED) is 0.129. The van der Waals surface area contributed by atoms with Gasteiger partial charge < -0.3 is 0 Å². The second-order valence-corrected chi connectivity index (χ2v) is 13.8. The number of benzene rings is 4. The second-order valence-electron chi connectivity index (χ2n) is 10.2. The Hall–Kier alpha value is -5.15. The molecule has 0 aliphatic heterocycles. The van der Waals surface area contributed by atoms with E-state index in [1.807, 2.05) is 0 Å². The van der Waals surface area contributed by atoms with Gasteiger partial charge in [0.05, 0.1) is 32.0 Å². The number of carbonyl (C=O) groups excluding carboxylic acids is 1. The lowest BCUT2D eigenvalue weighted by Gasteiger charge is -2.11.